The van der Waals surface area contributed by atoms with Crippen molar-refractivity contribution in [1.29, 1.82) is 0 Å². The smallest absolute Gasteiger partial charge is 0.443 e. The summed E-state index contributed by atoms with van der Waals surface area (Å²) < 4.78 is 4.88. The Labute approximate surface area is 108 Å². The van der Waals surface area contributed by atoms with E-state index in [4.69, 9.17) is 9.57 Å². The average Bonchev–Trinajstić information content (AvgIpc) is 2.81. The zero-order valence-electron chi connectivity index (χ0n) is 11.5. The fraction of sp³-hybridized carbons (Fsp3) is 0.846. The Bertz CT molecular complexity index is 285. The van der Waals surface area contributed by atoms with Crippen LogP contribution in [0, 0.1) is 11.8 Å². The molecule has 0 radical (unpaired) electrons. The quantitative estimate of drug-likeness (QED) is 0.727. The van der Waals surface area contributed by atoms with Crippen LogP contribution in [0.25, 0.3) is 0 Å². The lowest BCUT2D eigenvalue weighted by molar-refractivity contribution is -0.188. The van der Waals surface area contributed by atoms with Crippen LogP contribution in [-0.4, -0.2) is 30.3 Å². The van der Waals surface area contributed by atoms with Gasteiger partial charge in [0.1, 0.15) is 0 Å². The molecule has 0 aromatic carbocycles. The van der Waals surface area contributed by atoms with Crippen LogP contribution in [0.15, 0.2) is 0 Å². The van der Waals surface area contributed by atoms with E-state index in [-0.39, 0.29) is 24.4 Å². The van der Waals surface area contributed by atoms with Gasteiger partial charge in [0, 0.05) is 0 Å². The number of hydrogen-bond donors (Lipinski definition) is 0. The molecule has 104 valence electrons. The highest BCUT2D eigenvalue weighted by atomic mass is 16.8. The highest BCUT2D eigenvalue weighted by molar-refractivity contribution is 5.75. The number of amides is 1. The largest absolute Gasteiger partial charge is 0.448 e. The van der Waals surface area contributed by atoms with Gasteiger partial charge >= 0.3 is 12.1 Å². The summed E-state index contributed by atoms with van der Waals surface area (Å²) in [5.41, 5.74) is 0. The van der Waals surface area contributed by atoms with Crippen molar-refractivity contribution < 1.29 is 19.2 Å². The van der Waals surface area contributed by atoms with Crippen LogP contribution in [0.2, 0.25) is 0 Å². The molecule has 0 unspecified atom stereocenters. The van der Waals surface area contributed by atoms with E-state index in [2.05, 4.69) is 0 Å². The highest BCUT2D eigenvalue weighted by Gasteiger charge is 2.28. The summed E-state index contributed by atoms with van der Waals surface area (Å²) in [4.78, 5) is 28.7. The molecule has 0 heterocycles. The maximum Gasteiger partial charge on any atom is 0.443 e. The topological polar surface area (TPSA) is 55.8 Å². The average molecular weight is 257 g/mol. The highest BCUT2D eigenvalue weighted by Crippen LogP contribution is 2.26. The Morgan fingerprint density at radius 2 is 1.89 bits per heavy atom. The molecular weight excluding hydrogens is 234 g/mol. The van der Waals surface area contributed by atoms with Gasteiger partial charge in [-0.1, -0.05) is 26.7 Å². The molecule has 1 aliphatic carbocycles. The lowest BCUT2D eigenvalue weighted by Gasteiger charge is -2.23. The Balaban J connectivity index is 2.53. The summed E-state index contributed by atoms with van der Waals surface area (Å²) >= 11 is 0. The monoisotopic (exact) mass is 257 g/mol. The molecule has 0 aromatic rings. The van der Waals surface area contributed by atoms with E-state index in [1.807, 2.05) is 13.8 Å². The predicted molar refractivity (Wildman–Crippen MR) is 66.6 cm³/mol. The molecule has 0 N–H and O–H groups in total. The molecule has 0 bridgehead atoms. The molecule has 0 aliphatic heterocycles. The maximum absolute atomic E-state index is 11.9. The van der Waals surface area contributed by atoms with Gasteiger partial charge in [-0.05, 0) is 25.7 Å². The molecule has 0 spiro atoms. The third kappa shape index (κ3) is 4.55. The van der Waals surface area contributed by atoms with Gasteiger partial charge in [-0.25, -0.2) is 9.59 Å². The van der Waals surface area contributed by atoms with E-state index >= 15 is 0 Å². The van der Waals surface area contributed by atoms with E-state index in [0.717, 1.165) is 30.7 Å². The molecule has 1 saturated carbocycles. The Hall–Kier alpha value is -1.26. The molecule has 1 aliphatic rings. The second-order valence-electron chi connectivity index (χ2n) is 5.05. The first-order chi connectivity index (χ1) is 8.54. The second-order valence-corrected chi connectivity index (χ2v) is 5.05. The summed E-state index contributed by atoms with van der Waals surface area (Å²) in [5, 5.41) is 1.05. The first-order valence-corrected chi connectivity index (χ1v) is 6.70. The van der Waals surface area contributed by atoms with Crippen LogP contribution in [0.1, 0.15) is 46.5 Å². The van der Waals surface area contributed by atoms with Gasteiger partial charge in [-0.15, -0.1) is 5.06 Å². The Morgan fingerprint density at radius 3 is 2.39 bits per heavy atom. The molecule has 0 saturated heterocycles. The van der Waals surface area contributed by atoms with Gasteiger partial charge < -0.3 is 9.57 Å². The van der Waals surface area contributed by atoms with E-state index in [1.165, 1.54) is 0 Å². The van der Waals surface area contributed by atoms with Crippen LogP contribution in [-0.2, 0) is 14.4 Å². The number of hydroxylamine groups is 2. The van der Waals surface area contributed by atoms with Crippen molar-refractivity contribution >= 4 is 12.1 Å². The zero-order valence-corrected chi connectivity index (χ0v) is 11.5. The van der Waals surface area contributed by atoms with Crippen LogP contribution in [0.5, 0.6) is 0 Å². The van der Waals surface area contributed by atoms with E-state index in [9.17, 15) is 9.59 Å². The third-order valence-corrected chi connectivity index (χ3v) is 2.89. The molecule has 0 aromatic heterocycles. The molecule has 1 amide bonds. The first-order valence-electron chi connectivity index (χ1n) is 6.70. The van der Waals surface area contributed by atoms with E-state index in [1.54, 1.807) is 6.92 Å². The van der Waals surface area contributed by atoms with Crippen molar-refractivity contribution in [3.05, 3.63) is 0 Å². The maximum atomic E-state index is 11.9. The second kappa shape index (κ2) is 7.24. The molecule has 1 rings (SSSR count). The molecule has 18 heavy (non-hydrogen) atoms. The number of hydrogen-bond acceptors (Lipinski definition) is 4. The minimum Gasteiger partial charge on any atom is -0.448 e. The summed E-state index contributed by atoms with van der Waals surface area (Å²) in [6.45, 7) is 6.27. The van der Waals surface area contributed by atoms with Crippen molar-refractivity contribution in [2.45, 2.75) is 46.5 Å². The van der Waals surface area contributed by atoms with Gasteiger partial charge in [-0.2, -0.15) is 0 Å². The van der Waals surface area contributed by atoms with Gasteiger partial charge in [0.2, 0.25) is 0 Å². The molecular formula is C13H23NO4. The van der Waals surface area contributed by atoms with Gasteiger partial charge in [0.15, 0.2) is 0 Å². The SMILES string of the molecule is CCOC(=O)N(CC(C)C)OC(=O)C1CCCC1. The standard InChI is InChI=1S/C13H23NO4/c1-4-17-13(16)14(9-10(2)3)18-12(15)11-7-5-6-8-11/h10-11H,4-9H2,1-3H3. The van der Waals surface area contributed by atoms with Crippen molar-refractivity contribution in [2.75, 3.05) is 13.2 Å². The van der Waals surface area contributed by atoms with Crippen LogP contribution in [0.3, 0.4) is 0 Å². The lowest BCUT2D eigenvalue weighted by Crippen LogP contribution is -2.38. The number of carbonyl (C=O) groups excluding carboxylic acids is 2. The van der Waals surface area contributed by atoms with Crippen molar-refractivity contribution in [2.24, 2.45) is 11.8 Å². The van der Waals surface area contributed by atoms with Crippen molar-refractivity contribution in [1.82, 2.24) is 5.06 Å². The van der Waals surface area contributed by atoms with Crippen molar-refractivity contribution in [3.63, 3.8) is 0 Å². The molecule has 5 heteroatoms. The summed E-state index contributed by atoms with van der Waals surface area (Å²) in [7, 11) is 0. The fourth-order valence-electron chi connectivity index (χ4n) is 2.02. The lowest BCUT2D eigenvalue weighted by atomic mass is 10.1. The summed E-state index contributed by atoms with van der Waals surface area (Å²) in [6.07, 6.45) is 3.25. The van der Waals surface area contributed by atoms with Gasteiger partial charge in [0.05, 0.1) is 19.1 Å². The number of carbonyl (C=O) groups is 2. The van der Waals surface area contributed by atoms with E-state index in [0.29, 0.717) is 6.54 Å². The number of ether oxygens (including phenoxy) is 1. The van der Waals surface area contributed by atoms with E-state index < -0.39 is 6.09 Å². The molecule has 1 fully saturated rings. The van der Waals surface area contributed by atoms with Crippen molar-refractivity contribution in [3.8, 4) is 0 Å². The van der Waals surface area contributed by atoms with Crippen LogP contribution in [0.4, 0.5) is 4.79 Å². The number of rotatable bonds is 4. The fourth-order valence-corrected chi connectivity index (χ4v) is 2.02. The summed E-state index contributed by atoms with van der Waals surface area (Å²) in [6, 6.07) is 0. The Kier molecular flexibility index (Phi) is 5.95. The van der Waals surface area contributed by atoms with Gasteiger partial charge in [0.25, 0.3) is 0 Å². The Morgan fingerprint density at radius 1 is 1.28 bits per heavy atom. The number of nitrogens with zero attached hydrogens (tertiary/aromatic N) is 1. The van der Waals surface area contributed by atoms with Gasteiger partial charge in [-0.3, -0.25) is 0 Å². The minimum absolute atomic E-state index is 0.0610. The summed E-state index contributed by atoms with van der Waals surface area (Å²) in [5.74, 6) is -0.152. The third-order valence-electron chi connectivity index (χ3n) is 2.89. The predicted octanol–water partition coefficient (Wildman–Crippen LogP) is 2.75. The van der Waals surface area contributed by atoms with Crippen LogP contribution < -0.4 is 0 Å². The van der Waals surface area contributed by atoms with Crippen LogP contribution >= 0.6 is 0 Å². The first kappa shape index (κ1) is 14.8. The molecule has 0 atom stereocenters. The minimum atomic E-state index is -0.586. The molecule has 5 nitrogen and oxygen atoms in total. The zero-order chi connectivity index (χ0) is 13.5. The normalized spacial score (nSPS) is 15.8.